The Morgan fingerprint density at radius 1 is 1.25 bits per heavy atom. The number of rotatable bonds is 5. The molecule has 0 aromatic carbocycles. The highest BCUT2D eigenvalue weighted by atomic mass is 32.2. The van der Waals surface area contributed by atoms with Crippen LogP contribution in [0.4, 0.5) is 0 Å². The lowest BCUT2D eigenvalue weighted by Crippen LogP contribution is -1.78. The normalized spacial score (nSPS) is 9.62. The average Bonchev–Trinajstić information content (AvgIpc) is 1.81. The minimum Gasteiger partial charge on any atom is -0.227 e. The Morgan fingerprint density at radius 3 is 2.50 bits per heavy atom. The highest BCUT2D eigenvalue weighted by Crippen LogP contribution is 2.02. The predicted molar refractivity (Wildman–Crippen MR) is 42.4 cm³/mol. The van der Waals surface area contributed by atoms with Crippen molar-refractivity contribution in [2.24, 2.45) is 0 Å². The molecule has 0 aromatic heterocycles. The first-order valence-corrected chi connectivity index (χ1v) is 4.28. The fourth-order valence-corrected chi connectivity index (χ4v) is 0.983. The number of unbranched alkanes of at least 4 members (excludes halogenated alkanes) is 3. The highest BCUT2D eigenvalue weighted by Gasteiger charge is 1.83. The fourth-order valence-electron chi connectivity index (χ4n) is 0.612. The molecule has 0 aliphatic rings. The van der Waals surface area contributed by atoms with E-state index in [1.807, 2.05) is 0 Å². The van der Waals surface area contributed by atoms with E-state index in [4.69, 9.17) is 7.12 Å². The molecule has 0 aliphatic carbocycles. The van der Waals surface area contributed by atoms with Crippen molar-refractivity contribution >= 4 is 18.7 Å². The summed E-state index contributed by atoms with van der Waals surface area (Å²) in [7, 11) is 5.23. The lowest BCUT2D eigenvalue weighted by molar-refractivity contribution is 0.707. The molecule has 0 spiro atoms. The van der Waals surface area contributed by atoms with Crippen LogP contribution in [0.2, 0.25) is 0 Å². The Balaban J connectivity index is 2.53. The molecule has 0 fully saturated rings. The minimum absolute atomic E-state index is 1.12. The van der Waals surface area contributed by atoms with E-state index in [9.17, 15) is 0 Å². The molecule has 0 bridgehead atoms. The van der Waals surface area contributed by atoms with Crippen LogP contribution in [0.25, 0.3) is 0 Å². The van der Waals surface area contributed by atoms with Crippen LogP contribution in [0.3, 0.4) is 0 Å². The van der Waals surface area contributed by atoms with E-state index in [-0.39, 0.29) is 0 Å². The Hall–Kier alpha value is 0.415. The largest absolute Gasteiger partial charge is 0.227 e. The zero-order chi connectivity index (χ0) is 6.24. The summed E-state index contributed by atoms with van der Waals surface area (Å²) in [5.74, 6) is 1.12. The Labute approximate surface area is 57.7 Å². The Kier molecular flexibility index (Phi) is 7.80. The lowest BCUT2D eigenvalue weighted by atomic mass is 10.2. The van der Waals surface area contributed by atoms with E-state index in [0.29, 0.717) is 0 Å². The van der Waals surface area contributed by atoms with Crippen LogP contribution in [0.5, 0.6) is 0 Å². The van der Waals surface area contributed by atoms with E-state index in [0.717, 1.165) is 5.75 Å². The fraction of sp³-hybridized carbons (Fsp3) is 1.00. The molecule has 0 N–H and O–H groups in total. The van der Waals surface area contributed by atoms with Crippen molar-refractivity contribution in [1.82, 2.24) is 0 Å². The van der Waals surface area contributed by atoms with Gasteiger partial charge in [-0.15, -0.1) is 0 Å². The first kappa shape index (κ1) is 8.41. The lowest BCUT2D eigenvalue weighted by Gasteiger charge is -1.94. The second-order valence-corrected chi connectivity index (χ2v) is 2.67. The number of hydrogen-bond acceptors (Lipinski definition) is 1. The van der Waals surface area contributed by atoms with Crippen LogP contribution in [0.1, 0.15) is 32.6 Å². The Morgan fingerprint density at radius 2 is 2.00 bits per heavy atom. The van der Waals surface area contributed by atoms with Crippen LogP contribution in [-0.4, -0.2) is 12.9 Å². The molecule has 0 saturated heterocycles. The van der Waals surface area contributed by atoms with Crippen LogP contribution in [0, 0.1) is 0 Å². The second kappa shape index (κ2) is 7.41. The molecule has 2 heteroatoms. The van der Waals surface area contributed by atoms with Crippen molar-refractivity contribution in [3.8, 4) is 0 Å². The molecule has 0 amide bonds. The third-order valence-corrected chi connectivity index (χ3v) is 1.64. The molecular weight excluding hydrogens is 115 g/mol. The summed E-state index contributed by atoms with van der Waals surface area (Å²) in [6.07, 6.45) is 5.31. The SMILES string of the molecule is [B]SCCCCCC. The van der Waals surface area contributed by atoms with E-state index in [1.165, 1.54) is 37.3 Å². The van der Waals surface area contributed by atoms with E-state index in [1.54, 1.807) is 0 Å². The molecular formula is C6H13BS. The zero-order valence-corrected chi connectivity index (χ0v) is 6.34. The first-order valence-electron chi connectivity index (χ1n) is 3.23. The zero-order valence-electron chi connectivity index (χ0n) is 5.52. The first-order chi connectivity index (χ1) is 3.91. The topological polar surface area (TPSA) is 0 Å². The van der Waals surface area contributed by atoms with Gasteiger partial charge >= 0.3 is 0 Å². The second-order valence-electron chi connectivity index (χ2n) is 1.93. The summed E-state index contributed by atoms with van der Waals surface area (Å²) in [6, 6.07) is 0. The van der Waals surface area contributed by atoms with Crippen molar-refractivity contribution < 1.29 is 0 Å². The molecule has 0 saturated carbocycles. The number of hydrogen-bond donors (Lipinski definition) is 0. The molecule has 46 valence electrons. The molecule has 0 aliphatic heterocycles. The molecule has 8 heavy (non-hydrogen) atoms. The monoisotopic (exact) mass is 128 g/mol. The molecule has 2 radical (unpaired) electrons. The van der Waals surface area contributed by atoms with E-state index in [2.05, 4.69) is 6.92 Å². The maximum atomic E-state index is 5.23. The summed E-state index contributed by atoms with van der Waals surface area (Å²) < 4.78 is 0. The van der Waals surface area contributed by atoms with Gasteiger partial charge in [0.1, 0.15) is 0 Å². The van der Waals surface area contributed by atoms with Crippen molar-refractivity contribution in [3.05, 3.63) is 0 Å². The van der Waals surface area contributed by atoms with Gasteiger partial charge in [0, 0.05) is 0 Å². The molecule has 0 unspecified atom stereocenters. The van der Waals surface area contributed by atoms with Gasteiger partial charge in [-0.05, 0) is 12.2 Å². The maximum absolute atomic E-state index is 5.23. The van der Waals surface area contributed by atoms with Crippen molar-refractivity contribution in [2.75, 3.05) is 5.75 Å². The average molecular weight is 128 g/mol. The van der Waals surface area contributed by atoms with Gasteiger partial charge in [-0.3, -0.25) is 0 Å². The standard InChI is InChI=1S/C6H13BS/c1-2-3-4-5-6-8-7/h2-6H2,1H3. The molecule has 0 heterocycles. The van der Waals surface area contributed by atoms with Gasteiger partial charge in [-0.2, -0.15) is 0 Å². The molecule has 0 aromatic rings. The Bertz CT molecular complexity index is 33.5. The summed E-state index contributed by atoms with van der Waals surface area (Å²) in [5.41, 5.74) is 0. The third kappa shape index (κ3) is 6.41. The molecule has 0 rings (SSSR count). The van der Waals surface area contributed by atoms with Gasteiger partial charge < -0.3 is 0 Å². The highest BCUT2D eigenvalue weighted by molar-refractivity contribution is 8.19. The minimum atomic E-state index is 1.12. The predicted octanol–water partition coefficient (Wildman–Crippen LogP) is 2.38. The van der Waals surface area contributed by atoms with Crippen LogP contribution >= 0.6 is 11.6 Å². The van der Waals surface area contributed by atoms with Crippen LogP contribution < -0.4 is 0 Å². The van der Waals surface area contributed by atoms with Crippen LogP contribution in [0.15, 0.2) is 0 Å². The molecule has 0 nitrogen and oxygen atoms in total. The maximum Gasteiger partial charge on any atom is 0.161 e. The quantitative estimate of drug-likeness (QED) is 0.404. The summed E-state index contributed by atoms with van der Waals surface area (Å²) in [5, 5.41) is 0. The molecule has 0 atom stereocenters. The van der Waals surface area contributed by atoms with Gasteiger partial charge in [-0.25, -0.2) is 11.6 Å². The van der Waals surface area contributed by atoms with E-state index >= 15 is 0 Å². The smallest absolute Gasteiger partial charge is 0.161 e. The summed E-state index contributed by atoms with van der Waals surface area (Å²) in [4.78, 5) is 0. The van der Waals surface area contributed by atoms with Gasteiger partial charge in [0.05, 0.1) is 0 Å². The van der Waals surface area contributed by atoms with Gasteiger partial charge in [0.15, 0.2) is 7.12 Å². The van der Waals surface area contributed by atoms with Crippen molar-refractivity contribution in [2.45, 2.75) is 32.6 Å². The van der Waals surface area contributed by atoms with E-state index < -0.39 is 0 Å². The van der Waals surface area contributed by atoms with Crippen LogP contribution in [-0.2, 0) is 0 Å². The summed E-state index contributed by atoms with van der Waals surface area (Å²) in [6.45, 7) is 2.22. The third-order valence-electron chi connectivity index (χ3n) is 1.12. The van der Waals surface area contributed by atoms with Gasteiger partial charge in [-0.1, -0.05) is 26.2 Å². The van der Waals surface area contributed by atoms with Gasteiger partial charge in [0.2, 0.25) is 0 Å². The van der Waals surface area contributed by atoms with Crippen molar-refractivity contribution in [3.63, 3.8) is 0 Å². The van der Waals surface area contributed by atoms with Gasteiger partial charge in [0.25, 0.3) is 0 Å². The van der Waals surface area contributed by atoms with Crippen molar-refractivity contribution in [1.29, 1.82) is 0 Å². The summed E-state index contributed by atoms with van der Waals surface area (Å²) >= 11 is 1.45.